The van der Waals surface area contributed by atoms with Gasteiger partial charge in [-0.3, -0.25) is 0 Å². The molecule has 2 nitrogen and oxygen atoms in total. The van der Waals surface area contributed by atoms with Gasteiger partial charge in [-0.25, -0.2) is 0 Å². The molecule has 0 radical (unpaired) electrons. The van der Waals surface area contributed by atoms with Crippen molar-refractivity contribution in [2.45, 2.75) is 53.4 Å². The van der Waals surface area contributed by atoms with Crippen molar-refractivity contribution in [3.63, 3.8) is 0 Å². The Bertz CT molecular complexity index is 110. The summed E-state index contributed by atoms with van der Waals surface area (Å²) in [6.45, 7) is 14.5. The number of rotatable bonds is 10. The van der Waals surface area contributed by atoms with Crippen molar-refractivity contribution in [3.8, 4) is 0 Å². The van der Waals surface area contributed by atoms with Crippen molar-refractivity contribution in [2.75, 3.05) is 26.2 Å². The standard InChI is InChI=1S/2C6H14N.ClH.Nd/c2*1-3-5-7-6-4-2;;/h2*3-6H2,1-2H3;1H;/q2*-1;;+2. The summed E-state index contributed by atoms with van der Waals surface area (Å²) in [5.74, 6) is 0. The number of halogens is 1. The molecule has 16 heavy (non-hydrogen) atoms. The summed E-state index contributed by atoms with van der Waals surface area (Å²) in [5.41, 5.74) is 0. The van der Waals surface area contributed by atoms with Crippen LogP contribution in [0.2, 0.25) is 0 Å². The number of hydrogen-bond acceptors (Lipinski definition) is 2. The maximum Gasteiger partial charge on any atom is -0.147 e. The molecule has 0 aromatic heterocycles. The van der Waals surface area contributed by atoms with Crippen LogP contribution in [0.1, 0.15) is 53.4 Å². The monoisotopic (exact) mass is 378 g/mol. The molecule has 0 N–H and O–H groups in total. The zero-order valence-electron chi connectivity index (χ0n) is 11.5. The molecule has 0 unspecified atom stereocenters. The smallest absolute Gasteiger partial charge is 0.147 e. The Kier molecular flexibility index (Phi) is 18.2. The minimum absolute atomic E-state index is 0. The average Bonchev–Trinajstić information content (AvgIpc) is 2.19. The Balaban J connectivity index is 0. The van der Waals surface area contributed by atoms with Crippen LogP contribution in [0.5, 0.6) is 0 Å². The molecule has 0 aliphatic rings. The van der Waals surface area contributed by atoms with Gasteiger partial charge in [0.1, 0.15) is 0 Å². The summed E-state index contributed by atoms with van der Waals surface area (Å²) >= 11 is -0.661. The molecule has 4 heteroatoms. The quantitative estimate of drug-likeness (QED) is 0.571. The van der Waals surface area contributed by atoms with E-state index in [0.29, 0.717) is 0 Å². The van der Waals surface area contributed by atoms with Crippen LogP contribution in [0.25, 0.3) is 0 Å². The molecule has 0 atom stereocenters. The third-order valence-corrected chi connectivity index (χ3v) is 6.94. The van der Waals surface area contributed by atoms with E-state index in [1.165, 1.54) is 51.9 Å². The first-order valence-electron chi connectivity index (χ1n) is 6.54. The first-order chi connectivity index (χ1) is 7.28. The molecular weight excluding hydrogens is 352 g/mol. The first kappa shape index (κ1) is 19.9. The van der Waals surface area contributed by atoms with E-state index in [9.17, 15) is 0 Å². The van der Waals surface area contributed by atoms with Crippen LogP contribution in [0.4, 0.5) is 0 Å². The zero-order chi connectivity index (χ0) is 11.5. The molecule has 0 bridgehead atoms. The van der Waals surface area contributed by atoms with Crippen LogP contribution >= 0.6 is 12.4 Å². The normalized spacial score (nSPS) is 10.6. The van der Waals surface area contributed by atoms with E-state index in [0.717, 1.165) is 0 Å². The molecular formula is C12H29ClN2Nd. The molecule has 0 aliphatic carbocycles. The number of hydrogen-bond donors (Lipinski definition) is 0. The van der Waals surface area contributed by atoms with Crippen LogP contribution in [0, 0.1) is 37.5 Å². The van der Waals surface area contributed by atoms with Crippen LogP contribution in [0.3, 0.4) is 0 Å². The molecule has 0 aliphatic heterocycles. The van der Waals surface area contributed by atoms with E-state index in [4.69, 9.17) is 0 Å². The van der Waals surface area contributed by atoms with Crippen molar-refractivity contribution >= 4 is 12.4 Å². The molecule has 0 saturated carbocycles. The summed E-state index contributed by atoms with van der Waals surface area (Å²) < 4.78 is 5.57. The van der Waals surface area contributed by atoms with Gasteiger partial charge < -0.3 is 0 Å². The Morgan fingerprint density at radius 1 is 0.625 bits per heavy atom. The van der Waals surface area contributed by atoms with E-state index in [-0.39, 0.29) is 12.4 Å². The predicted molar refractivity (Wildman–Crippen MR) is 71.6 cm³/mol. The van der Waals surface area contributed by atoms with Gasteiger partial charge in [0, 0.05) is 0 Å². The predicted octanol–water partition coefficient (Wildman–Crippen LogP) is 3.57. The fraction of sp³-hybridized carbons (Fsp3) is 1.00. The van der Waals surface area contributed by atoms with Crippen molar-refractivity contribution in [1.29, 1.82) is 0 Å². The molecule has 0 aromatic carbocycles. The second-order valence-electron chi connectivity index (χ2n) is 4.07. The van der Waals surface area contributed by atoms with Crippen molar-refractivity contribution in [3.05, 3.63) is 0 Å². The molecule has 0 amide bonds. The van der Waals surface area contributed by atoms with E-state index < -0.39 is 37.5 Å². The zero-order valence-corrected chi connectivity index (χ0v) is 15.5. The summed E-state index contributed by atoms with van der Waals surface area (Å²) in [6, 6.07) is 0. The fourth-order valence-electron chi connectivity index (χ4n) is 1.70. The van der Waals surface area contributed by atoms with Gasteiger partial charge in [-0.05, 0) is 0 Å². The molecule has 0 fully saturated rings. The minimum Gasteiger partial charge on any atom is -0.147 e. The Labute approximate surface area is 130 Å². The van der Waals surface area contributed by atoms with Gasteiger partial charge in [-0.1, -0.05) is 0 Å². The third-order valence-electron chi connectivity index (χ3n) is 2.26. The van der Waals surface area contributed by atoms with E-state index in [2.05, 4.69) is 29.7 Å². The van der Waals surface area contributed by atoms with Gasteiger partial charge in [0.05, 0.1) is 0 Å². The van der Waals surface area contributed by atoms with Gasteiger partial charge >= 0.3 is 119 Å². The fourth-order valence-corrected chi connectivity index (χ4v) is 7.14. The Morgan fingerprint density at radius 3 is 1.06 bits per heavy atom. The average molecular weight is 381 g/mol. The van der Waals surface area contributed by atoms with Crippen LogP contribution < -0.4 is 0 Å². The second kappa shape index (κ2) is 14.6. The number of nitrogens with zero attached hydrogens (tertiary/aromatic N) is 2. The second-order valence-corrected chi connectivity index (χ2v) is 8.77. The van der Waals surface area contributed by atoms with Crippen LogP contribution in [0.15, 0.2) is 0 Å². The molecule has 0 spiro atoms. The van der Waals surface area contributed by atoms with Crippen LogP contribution in [-0.2, 0) is 0 Å². The largest absolute Gasteiger partial charge is 0.147 e. The van der Waals surface area contributed by atoms with Crippen molar-refractivity contribution in [1.82, 2.24) is 1.97 Å². The van der Waals surface area contributed by atoms with Gasteiger partial charge in [-0.2, -0.15) is 0 Å². The van der Waals surface area contributed by atoms with Gasteiger partial charge in [0.2, 0.25) is 0 Å². The molecule has 0 aromatic rings. The van der Waals surface area contributed by atoms with Gasteiger partial charge in [0.15, 0.2) is 0 Å². The minimum atomic E-state index is -0.661. The van der Waals surface area contributed by atoms with Crippen molar-refractivity contribution in [2.24, 2.45) is 0 Å². The van der Waals surface area contributed by atoms with E-state index in [1.54, 1.807) is 0 Å². The summed E-state index contributed by atoms with van der Waals surface area (Å²) in [7, 11) is 0. The van der Waals surface area contributed by atoms with Gasteiger partial charge in [-0.15, -0.1) is 12.4 Å². The van der Waals surface area contributed by atoms with E-state index in [1.807, 2.05) is 0 Å². The maximum atomic E-state index is 2.78. The third kappa shape index (κ3) is 10.7. The Hall–Kier alpha value is 1.56. The van der Waals surface area contributed by atoms with E-state index >= 15 is 0 Å². The first-order valence-corrected chi connectivity index (χ1v) is 9.41. The van der Waals surface area contributed by atoms with Crippen molar-refractivity contribution < 1.29 is 37.5 Å². The topological polar surface area (TPSA) is 6.48 Å². The SMILES string of the molecule is CCC[N](CCC)[Nd][N](CCC)CCC.Cl. The maximum absolute atomic E-state index is 2.78. The van der Waals surface area contributed by atoms with Gasteiger partial charge in [0.25, 0.3) is 0 Å². The molecule has 98 valence electrons. The molecule has 0 heterocycles. The van der Waals surface area contributed by atoms with Crippen LogP contribution in [-0.4, -0.2) is 28.1 Å². The Morgan fingerprint density at radius 2 is 0.875 bits per heavy atom. The summed E-state index contributed by atoms with van der Waals surface area (Å²) in [4.78, 5) is 0. The molecule has 0 saturated heterocycles. The summed E-state index contributed by atoms with van der Waals surface area (Å²) in [6.07, 6.45) is 5.27. The molecule has 0 rings (SSSR count). The summed E-state index contributed by atoms with van der Waals surface area (Å²) in [5, 5.41) is 0.